The van der Waals surface area contributed by atoms with Crippen LogP contribution in [0, 0.1) is 12.7 Å². The molecular formula is C11H12FNO4S2. The predicted octanol–water partition coefficient (Wildman–Crippen LogP) is 1.28. The zero-order chi connectivity index (χ0) is 14.2. The van der Waals surface area contributed by atoms with Crippen molar-refractivity contribution >= 4 is 27.8 Å². The molecule has 0 spiro atoms. The van der Waals surface area contributed by atoms with Gasteiger partial charge >= 0.3 is 5.97 Å². The molecule has 0 radical (unpaired) electrons. The fourth-order valence-corrected chi connectivity index (χ4v) is 5.21. The lowest BCUT2D eigenvalue weighted by molar-refractivity contribution is -0.140. The first-order chi connectivity index (χ1) is 8.84. The number of benzene rings is 1. The Kier molecular flexibility index (Phi) is 3.84. The Balaban J connectivity index is 2.48. The number of aryl methyl sites for hydroxylation is 1. The van der Waals surface area contributed by atoms with Crippen molar-refractivity contribution in [2.24, 2.45) is 0 Å². The summed E-state index contributed by atoms with van der Waals surface area (Å²) in [6, 6.07) is 2.35. The molecule has 1 aliphatic heterocycles. The van der Waals surface area contributed by atoms with E-state index in [2.05, 4.69) is 0 Å². The highest BCUT2D eigenvalue weighted by molar-refractivity contribution is 8.00. The molecule has 1 atom stereocenters. The van der Waals surface area contributed by atoms with Crippen LogP contribution < -0.4 is 0 Å². The van der Waals surface area contributed by atoms with E-state index >= 15 is 0 Å². The van der Waals surface area contributed by atoms with E-state index in [9.17, 15) is 17.6 Å². The van der Waals surface area contributed by atoms with Gasteiger partial charge in [0, 0.05) is 5.75 Å². The van der Waals surface area contributed by atoms with E-state index in [0.717, 1.165) is 10.4 Å². The average molecular weight is 305 g/mol. The molecule has 1 aromatic rings. The van der Waals surface area contributed by atoms with Gasteiger partial charge in [-0.05, 0) is 24.6 Å². The van der Waals surface area contributed by atoms with Gasteiger partial charge in [0.2, 0.25) is 10.0 Å². The first-order valence-electron chi connectivity index (χ1n) is 5.42. The number of rotatable bonds is 3. The third kappa shape index (κ3) is 2.60. The summed E-state index contributed by atoms with van der Waals surface area (Å²) in [5, 5.41) is 9.02. The second-order valence-electron chi connectivity index (χ2n) is 4.16. The molecular weight excluding hydrogens is 293 g/mol. The lowest BCUT2D eigenvalue weighted by Gasteiger charge is -2.21. The van der Waals surface area contributed by atoms with Crippen molar-refractivity contribution in [1.29, 1.82) is 0 Å². The molecule has 0 saturated carbocycles. The molecule has 1 heterocycles. The monoisotopic (exact) mass is 305 g/mol. The Labute approximate surface area is 114 Å². The summed E-state index contributed by atoms with van der Waals surface area (Å²) in [7, 11) is -3.99. The molecule has 1 saturated heterocycles. The van der Waals surface area contributed by atoms with Crippen LogP contribution in [-0.2, 0) is 14.8 Å². The van der Waals surface area contributed by atoms with E-state index in [1.165, 1.54) is 23.9 Å². The van der Waals surface area contributed by atoms with Crippen LogP contribution in [0.15, 0.2) is 23.1 Å². The van der Waals surface area contributed by atoms with Crippen LogP contribution in [0.1, 0.15) is 5.56 Å². The van der Waals surface area contributed by atoms with Crippen LogP contribution in [0.3, 0.4) is 0 Å². The molecule has 0 aromatic heterocycles. The Morgan fingerprint density at radius 2 is 2.21 bits per heavy atom. The number of hydrogen-bond donors (Lipinski definition) is 1. The van der Waals surface area contributed by atoms with Gasteiger partial charge in [0.05, 0.1) is 10.8 Å². The fourth-order valence-electron chi connectivity index (χ4n) is 1.84. The van der Waals surface area contributed by atoms with Gasteiger partial charge in [0.15, 0.2) is 0 Å². The van der Waals surface area contributed by atoms with E-state index in [1.54, 1.807) is 6.92 Å². The van der Waals surface area contributed by atoms with Gasteiger partial charge in [-0.1, -0.05) is 6.07 Å². The zero-order valence-electron chi connectivity index (χ0n) is 10.0. The highest BCUT2D eigenvalue weighted by atomic mass is 32.2. The maximum atomic E-state index is 13.2. The van der Waals surface area contributed by atoms with Crippen molar-refractivity contribution in [3.8, 4) is 0 Å². The third-order valence-electron chi connectivity index (χ3n) is 2.86. The van der Waals surface area contributed by atoms with Crippen LogP contribution >= 0.6 is 11.8 Å². The van der Waals surface area contributed by atoms with Gasteiger partial charge in [-0.25, -0.2) is 12.8 Å². The molecule has 0 bridgehead atoms. The van der Waals surface area contributed by atoms with Crippen LogP contribution in [0.25, 0.3) is 0 Å². The highest BCUT2D eigenvalue weighted by Crippen LogP contribution is 2.30. The quantitative estimate of drug-likeness (QED) is 0.910. The first kappa shape index (κ1) is 14.3. The summed E-state index contributed by atoms with van der Waals surface area (Å²) >= 11 is 1.22. The number of carboxylic acid groups (broad SMARTS) is 1. The number of carboxylic acids is 1. The van der Waals surface area contributed by atoms with Gasteiger partial charge in [0.25, 0.3) is 0 Å². The molecule has 5 nitrogen and oxygen atoms in total. The number of sulfonamides is 1. The molecule has 2 rings (SSSR count). The normalized spacial score (nSPS) is 20.6. The van der Waals surface area contributed by atoms with E-state index in [-0.39, 0.29) is 16.5 Å². The van der Waals surface area contributed by atoms with E-state index in [0.29, 0.717) is 5.56 Å². The van der Waals surface area contributed by atoms with Crippen molar-refractivity contribution < 1.29 is 22.7 Å². The van der Waals surface area contributed by atoms with Crippen molar-refractivity contribution in [3.05, 3.63) is 29.6 Å². The second-order valence-corrected chi connectivity index (χ2v) is 7.01. The Hall–Kier alpha value is -1.12. The van der Waals surface area contributed by atoms with E-state index in [1.807, 2.05) is 0 Å². The minimum atomic E-state index is -3.99. The summed E-state index contributed by atoms with van der Waals surface area (Å²) in [4.78, 5) is 10.9. The zero-order valence-corrected chi connectivity index (χ0v) is 11.7. The number of halogens is 1. The minimum Gasteiger partial charge on any atom is -0.480 e. The van der Waals surface area contributed by atoms with Crippen molar-refractivity contribution in [2.45, 2.75) is 17.9 Å². The van der Waals surface area contributed by atoms with Crippen molar-refractivity contribution in [1.82, 2.24) is 4.31 Å². The van der Waals surface area contributed by atoms with Crippen LogP contribution in [0.5, 0.6) is 0 Å². The van der Waals surface area contributed by atoms with Gasteiger partial charge in [-0.15, -0.1) is 11.8 Å². The number of aliphatic carboxylic acids is 1. The molecule has 1 N–H and O–H groups in total. The molecule has 1 aromatic carbocycles. The van der Waals surface area contributed by atoms with Crippen LogP contribution in [-0.4, -0.2) is 41.5 Å². The van der Waals surface area contributed by atoms with Gasteiger partial charge < -0.3 is 5.11 Å². The summed E-state index contributed by atoms with van der Waals surface area (Å²) in [6.45, 7) is 1.55. The van der Waals surface area contributed by atoms with Crippen LogP contribution in [0.2, 0.25) is 0 Å². The summed E-state index contributed by atoms with van der Waals surface area (Å²) in [5.41, 5.74) is 0.391. The SMILES string of the molecule is Cc1ccc(F)cc1S(=O)(=O)N1CSCC1C(=O)O. The Morgan fingerprint density at radius 3 is 2.84 bits per heavy atom. The molecule has 0 amide bonds. The van der Waals surface area contributed by atoms with Crippen LogP contribution in [0.4, 0.5) is 4.39 Å². The molecule has 19 heavy (non-hydrogen) atoms. The first-order valence-corrected chi connectivity index (χ1v) is 8.02. The standard InChI is InChI=1S/C11H12FNO4S2/c1-7-2-3-8(12)4-10(7)19(16,17)13-6-18-5-9(13)11(14)15/h2-4,9H,5-6H2,1H3,(H,14,15). The van der Waals surface area contributed by atoms with Gasteiger partial charge in [0.1, 0.15) is 11.9 Å². The fraction of sp³-hybridized carbons (Fsp3) is 0.364. The maximum Gasteiger partial charge on any atom is 0.322 e. The van der Waals surface area contributed by atoms with E-state index < -0.39 is 27.9 Å². The molecule has 1 unspecified atom stereocenters. The Bertz CT molecular complexity index is 617. The maximum absolute atomic E-state index is 13.2. The lowest BCUT2D eigenvalue weighted by Crippen LogP contribution is -2.41. The minimum absolute atomic E-state index is 0.0647. The Morgan fingerprint density at radius 1 is 1.53 bits per heavy atom. The van der Waals surface area contributed by atoms with E-state index in [4.69, 9.17) is 5.11 Å². The number of thioether (sulfide) groups is 1. The summed E-state index contributed by atoms with van der Waals surface area (Å²) < 4.78 is 38.9. The summed E-state index contributed by atoms with van der Waals surface area (Å²) in [6.07, 6.45) is 0. The molecule has 1 fully saturated rings. The lowest BCUT2D eigenvalue weighted by atomic mass is 10.2. The molecule has 0 aliphatic carbocycles. The van der Waals surface area contributed by atoms with Crippen molar-refractivity contribution in [3.63, 3.8) is 0 Å². The number of carbonyl (C=O) groups is 1. The third-order valence-corrected chi connectivity index (χ3v) is 6.04. The molecule has 1 aliphatic rings. The van der Waals surface area contributed by atoms with Gasteiger partial charge in [-0.3, -0.25) is 4.79 Å². The number of nitrogens with zero attached hydrogens (tertiary/aromatic N) is 1. The molecule has 8 heteroatoms. The topological polar surface area (TPSA) is 74.7 Å². The average Bonchev–Trinajstić information content (AvgIpc) is 2.82. The predicted molar refractivity (Wildman–Crippen MR) is 68.9 cm³/mol. The highest BCUT2D eigenvalue weighted by Gasteiger charge is 2.40. The number of hydrogen-bond acceptors (Lipinski definition) is 4. The summed E-state index contributed by atoms with van der Waals surface area (Å²) in [5.74, 6) is -1.59. The van der Waals surface area contributed by atoms with Crippen molar-refractivity contribution in [2.75, 3.05) is 11.6 Å². The smallest absolute Gasteiger partial charge is 0.322 e. The van der Waals surface area contributed by atoms with Gasteiger partial charge in [-0.2, -0.15) is 4.31 Å². The second kappa shape index (κ2) is 5.10. The molecule has 104 valence electrons. The largest absolute Gasteiger partial charge is 0.480 e.